The third-order valence-electron chi connectivity index (χ3n) is 6.95. The molecule has 7 heteroatoms. The summed E-state index contributed by atoms with van der Waals surface area (Å²) in [4.78, 5) is 38.8. The lowest BCUT2D eigenvalue weighted by atomic mass is 9.79. The SMILES string of the molecule is CC(C)=C1[C@H]2CC[C@H]1[C@@H](C(=O)O)[C@H]2C(=O)NNC(=O)c1csc2c1CC[C@@H](C)C2. The van der Waals surface area contributed by atoms with Crippen LogP contribution in [0.25, 0.3) is 0 Å². The molecule has 3 N–H and O–H groups in total. The number of amides is 2. The Bertz CT molecular complexity index is 899. The van der Waals surface area contributed by atoms with Crippen LogP contribution in [0.2, 0.25) is 0 Å². The summed E-state index contributed by atoms with van der Waals surface area (Å²) in [5.74, 6) is -2.47. The first-order valence-electron chi connectivity index (χ1n) is 10.4. The minimum atomic E-state index is -0.927. The largest absolute Gasteiger partial charge is 0.481 e. The molecule has 1 aromatic rings. The van der Waals surface area contributed by atoms with Gasteiger partial charge < -0.3 is 5.11 Å². The summed E-state index contributed by atoms with van der Waals surface area (Å²) < 4.78 is 0. The number of hydrogen-bond donors (Lipinski definition) is 3. The Balaban J connectivity index is 1.47. The second kappa shape index (κ2) is 7.59. The first-order chi connectivity index (χ1) is 13.8. The molecule has 0 aromatic carbocycles. The lowest BCUT2D eigenvalue weighted by Gasteiger charge is -2.26. The third kappa shape index (κ3) is 3.39. The molecule has 2 bridgehead atoms. The van der Waals surface area contributed by atoms with Crippen molar-refractivity contribution in [3.8, 4) is 0 Å². The molecule has 0 spiro atoms. The average molecular weight is 417 g/mol. The average Bonchev–Trinajstić information content (AvgIpc) is 3.36. The van der Waals surface area contributed by atoms with Crippen molar-refractivity contribution < 1.29 is 19.5 Å². The number of hydrogen-bond acceptors (Lipinski definition) is 4. The van der Waals surface area contributed by atoms with Crippen LogP contribution in [0, 0.1) is 29.6 Å². The number of carbonyl (C=O) groups is 3. The highest BCUT2D eigenvalue weighted by Crippen LogP contribution is 2.57. The zero-order valence-electron chi connectivity index (χ0n) is 17.1. The molecule has 2 saturated carbocycles. The van der Waals surface area contributed by atoms with E-state index in [4.69, 9.17) is 0 Å². The fraction of sp³-hybridized carbons (Fsp3) is 0.591. The molecule has 0 aliphatic heterocycles. The standard InChI is InChI=1S/C22H28N2O4S/c1-10(2)17-13-6-7-14(17)19(22(27)28)18(13)21(26)24-23-20(25)15-9-29-16-8-11(3)4-5-12(15)16/h9,11,13-14,18-19H,4-8H2,1-3H3,(H,23,25)(H,24,26)(H,27,28)/t11-,13-,14-,18+,19-/m1/s1. The quantitative estimate of drug-likeness (QED) is 0.520. The summed E-state index contributed by atoms with van der Waals surface area (Å²) in [5, 5.41) is 11.6. The van der Waals surface area contributed by atoms with Crippen molar-refractivity contribution in [2.24, 2.45) is 29.6 Å². The zero-order chi connectivity index (χ0) is 20.9. The fourth-order valence-electron chi connectivity index (χ4n) is 5.74. The van der Waals surface area contributed by atoms with E-state index in [0.717, 1.165) is 48.8 Å². The van der Waals surface area contributed by atoms with Crippen LogP contribution >= 0.6 is 11.3 Å². The number of allylic oxidation sites excluding steroid dienone is 2. The Morgan fingerprint density at radius 3 is 2.41 bits per heavy atom. The lowest BCUT2D eigenvalue weighted by Crippen LogP contribution is -2.48. The molecule has 5 atom stereocenters. The van der Waals surface area contributed by atoms with E-state index in [1.54, 1.807) is 11.3 Å². The maximum Gasteiger partial charge on any atom is 0.307 e. The van der Waals surface area contributed by atoms with Crippen LogP contribution in [0.15, 0.2) is 16.5 Å². The van der Waals surface area contributed by atoms with E-state index in [0.29, 0.717) is 11.5 Å². The number of thiophene rings is 1. The van der Waals surface area contributed by atoms with E-state index in [2.05, 4.69) is 17.8 Å². The van der Waals surface area contributed by atoms with Crippen LogP contribution in [-0.4, -0.2) is 22.9 Å². The summed E-state index contributed by atoms with van der Waals surface area (Å²) in [6.07, 6.45) is 4.59. The number of aliphatic carboxylic acids is 1. The first kappa shape index (κ1) is 20.1. The van der Waals surface area contributed by atoms with Crippen LogP contribution in [0.1, 0.15) is 60.8 Å². The number of fused-ring (bicyclic) bond motifs is 3. The Labute approximate surface area is 174 Å². The molecule has 3 aliphatic carbocycles. The van der Waals surface area contributed by atoms with Crippen molar-refractivity contribution in [1.29, 1.82) is 0 Å². The summed E-state index contributed by atoms with van der Waals surface area (Å²) in [6.45, 7) is 6.20. The normalized spacial score (nSPS) is 30.0. The van der Waals surface area contributed by atoms with Gasteiger partial charge in [0.15, 0.2) is 0 Å². The zero-order valence-corrected chi connectivity index (χ0v) is 17.9. The van der Waals surface area contributed by atoms with E-state index >= 15 is 0 Å². The lowest BCUT2D eigenvalue weighted by molar-refractivity contribution is -0.149. The van der Waals surface area contributed by atoms with Crippen molar-refractivity contribution >= 4 is 29.1 Å². The number of nitrogens with one attached hydrogen (secondary N) is 2. The van der Waals surface area contributed by atoms with Gasteiger partial charge >= 0.3 is 5.97 Å². The smallest absolute Gasteiger partial charge is 0.307 e. The van der Waals surface area contributed by atoms with Crippen LogP contribution < -0.4 is 10.9 Å². The van der Waals surface area contributed by atoms with Crippen molar-refractivity contribution in [2.45, 2.75) is 52.9 Å². The number of carboxylic acids is 1. The van der Waals surface area contributed by atoms with Gasteiger partial charge in [-0.3, -0.25) is 25.2 Å². The molecular formula is C22H28N2O4S. The molecule has 0 saturated heterocycles. The highest BCUT2D eigenvalue weighted by Gasteiger charge is 2.57. The van der Waals surface area contributed by atoms with Gasteiger partial charge in [-0.2, -0.15) is 0 Å². The van der Waals surface area contributed by atoms with Gasteiger partial charge in [0, 0.05) is 10.3 Å². The molecule has 0 radical (unpaired) electrons. The second-order valence-electron chi connectivity index (χ2n) is 8.98. The van der Waals surface area contributed by atoms with Crippen LogP contribution in [0.4, 0.5) is 0 Å². The van der Waals surface area contributed by atoms with Gasteiger partial charge in [0.25, 0.3) is 5.91 Å². The Hall–Kier alpha value is -2.15. The van der Waals surface area contributed by atoms with Crippen LogP contribution in [0.3, 0.4) is 0 Å². The van der Waals surface area contributed by atoms with Gasteiger partial charge in [-0.25, -0.2) is 0 Å². The molecule has 1 aromatic heterocycles. The second-order valence-corrected chi connectivity index (χ2v) is 9.94. The summed E-state index contributed by atoms with van der Waals surface area (Å²) >= 11 is 1.60. The number of carbonyl (C=O) groups excluding carboxylic acids is 2. The van der Waals surface area contributed by atoms with E-state index < -0.39 is 23.7 Å². The van der Waals surface area contributed by atoms with Crippen LogP contribution in [0.5, 0.6) is 0 Å². The van der Waals surface area contributed by atoms with Crippen molar-refractivity contribution in [1.82, 2.24) is 10.9 Å². The van der Waals surface area contributed by atoms with E-state index in [1.165, 1.54) is 4.88 Å². The molecule has 6 nitrogen and oxygen atoms in total. The minimum absolute atomic E-state index is 0.0432. The van der Waals surface area contributed by atoms with E-state index in [1.807, 2.05) is 19.2 Å². The molecule has 0 unspecified atom stereocenters. The van der Waals surface area contributed by atoms with Gasteiger partial charge in [-0.15, -0.1) is 11.3 Å². The van der Waals surface area contributed by atoms with Crippen molar-refractivity contribution in [2.75, 3.05) is 0 Å². The van der Waals surface area contributed by atoms with Gasteiger partial charge in [-0.1, -0.05) is 18.1 Å². The predicted molar refractivity (Wildman–Crippen MR) is 110 cm³/mol. The van der Waals surface area contributed by atoms with E-state index in [9.17, 15) is 19.5 Å². The topological polar surface area (TPSA) is 95.5 Å². The van der Waals surface area contributed by atoms with Crippen molar-refractivity contribution in [3.63, 3.8) is 0 Å². The Morgan fingerprint density at radius 1 is 1.07 bits per heavy atom. The van der Waals surface area contributed by atoms with Gasteiger partial charge in [0.2, 0.25) is 5.91 Å². The summed E-state index contributed by atoms with van der Waals surface area (Å²) in [7, 11) is 0. The molecule has 156 valence electrons. The van der Waals surface area contributed by atoms with Gasteiger partial charge in [0.1, 0.15) is 0 Å². The first-order valence-corrected chi connectivity index (χ1v) is 11.3. The van der Waals surface area contributed by atoms with Gasteiger partial charge in [0.05, 0.1) is 17.4 Å². The molecule has 2 fully saturated rings. The highest BCUT2D eigenvalue weighted by atomic mass is 32.1. The third-order valence-corrected chi connectivity index (χ3v) is 8.00. The molecule has 1 heterocycles. The number of carboxylic acid groups (broad SMARTS) is 1. The van der Waals surface area contributed by atoms with Gasteiger partial charge in [-0.05, 0) is 69.3 Å². The minimum Gasteiger partial charge on any atom is -0.481 e. The molecule has 4 rings (SSSR count). The monoisotopic (exact) mass is 416 g/mol. The fourth-order valence-corrected chi connectivity index (χ4v) is 6.99. The summed E-state index contributed by atoms with van der Waals surface area (Å²) in [5.41, 5.74) is 9.05. The molecular weight excluding hydrogens is 388 g/mol. The molecule has 3 aliphatic rings. The molecule has 29 heavy (non-hydrogen) atoms. The highest BCUT2D eigenvalue weighted by molar-refractivity contribution is 7.10. The van der Waals surface area contributed by atoms with Crippen molar-refractivity contribution in [3.05, 3.63) is 32.5 Å². The maximum atomic E-state index is 12.9. The Kier molecular flexibility index (Phi) is 5.27. The predicted octanol–water partition coefficient (Wildman–Crippen LogP) is 3.33. The molecule has 2 amide bonds. The Morgan fingerprint density at radius 2 is 1.76 bits per heavy atom. The maximum absolute atomic E-state index is 12.9. The van der Waals surface area contributed by atoms with E-state index in [-0.39, 0.29) is 17.7 Å². The number of hydrazine groups is 1. The van der Waals surface area contributed by atoms with Crippen LogP contribution in [-0.2, 0) is 22.4 Å². The summed E-state index contributed by atoms with van der Waals surface area (Å²) in [6, 6.07) is 0. The number of rotatable bonds is 3.